The number of nitrogens with zero attached hydrogens (tertiary/aromatic N) is 1. The highest BCUT2D eigenvalue weighted by Gasteiger charge is 2.14. The summed E-state index contributed by atoms with van der Waals surface area (Å²) in [7, 11) is 1.49. The molecule has 0 bridgehead atoms. The summed E-state index contributed by atoms with van der Waals surface area (Å²) in [5.41, 5.74) is 0. The van der Waals surface area contributed by atoms with Crippen molar-refractivity contribution in [3.8, 4) is 5.75 Å². The van der Waals surface area contributed by atoms with Gasteiger partial charge in [0.2, 0.25) is 0 Å². The van der Waals surface area contributed by atoms with Crippen LogP contribution >= 0.6 is 0 Å². The number of hydrogen-bond donors (Lipinski definition) is 1. The third-order valence-corrected chi connectivity index (χ3v) is 2.53. The third kappa shape index (κ3) is 5.10. The molecule has 5 nitrogen and oxygen atoms in total. The zero-order valence-electron chi connectivity index (χ0n) is 11.1. The van der Waals surface area contributed by atoms with Crippen LogP contribution in [0.1, 0.15) is 0 Å². The molecule has 1 aromatic carbocycles. The molecule has 112 valence electrons. The molecule has 0 unspecified atom stereocenters. The van der Waals surface area contributed by atoms with Gasteiger partial charge in [-0.3, -0.25) is 4.79 Å². The summed E-state index contributed by atoms with van der Waals surface area (Å²) in [5, 5.41) is 8.87. The summed E-state index contributed by atoms with van der Waals surface area (Å²) in [6.07, 6.45) is 0. The molecular formula is C13H17F2NO4. The van der Waals surface area contributed by atoms with Gasteiger partial charge in [-0.1, -0.05) is 0 Å². The lowest BCUT2D eigenvalue weighted by Gasteiger charge is -2.21. The zero-order chi connectivity index (χ0) is 15.0. The first-order valence-electron chi connectivity index (χ1n) is 6.04. The Labute approximate surface area is 115 Å². The van der Waals surface area contributed by atoms with Crippen molar-refractivity contribution in [1.82, 2.24) is 4.90 Å². The van der Waals surface area contributed by atoms with Crippen LogP contribution in [-0.2, 0) is 9.53 Å². The molecule has 0 atom stereocenters. The Bertz CT molecular complexity index is 442. The minimum absolute atomic E-state index is 0.136. The van der Waals surface area contributed by atoms with Crippen molar-refractivity contribution in [1.29, 1.82) is 0 Å². The van der Waals surface area contributed by atoms with Gasteiger partial charge in [-0.2, -0.15) is 0 Å². The molecule has 0 heterocycles. The first kappa shape index (κ1) is 16.3. The second-order valence-electron chi connectivity index (χ2n) is 3.96. The Hall–Kier alpha value is -1.73. The molecule has 1 amide bonds. The van der Waals surface area contributed by atoms with Crippen molar-refractivity contribution in [3.05, 3.63) is 29.8 Å². The van der Waals surface area contributed by atoms with Crippen molar-refractivity contribution in [2.45, 2.75) is 0 Å². The Balaban J connectivity index is 2.55. The number of aliphatic hydroxyl groups excluding tert-OH is 1. The minimum atomic E-state index is -0.872. The Morgan fingerprint density at radius 1 is 1.35 bits per heavy atom. The van der Waals surface area contributed by atoms with Crippen LogP contribution in [0.25, 0.3) is 0 Å². The molecule has 0 saturated heterocycles. The third-order valence-electron chi connectivity index (χ3n) is 2.53. The molecule has 20 heavy (non-hydrogen) atoms. The van der Waals surface area contributed by atoms with Gasteiger partial charge in [0.05, 0.1) is 13.2 Å². The highest BCUT2D eigenvalue weighted by atomic mass is 19.1. The smallest absolute Gasteiger partial charge is 0.260 e. The fourth-order valence-corrected chi connectivity index (χ4v) is 1.51. The summed E-state index contributed by atoms with van der Waals surface area (Å²) in [6, 6.07) is 2.83. The number of rotatable bonds is 8. The number of carbonyl (C=O) groups excluding carboxylic acids is 1. The predicted octanol–water partition coefficient (Wildman–Crippen LogP) is 0.811. The average molecular weight is 289 g/mol. The van der Waals surface area contributed by atoms with Gasteiger partial charge in [-0.15, -0.1) is 0 Å². The van der Waals surface area contributed by atoms with Crippen LogP contribution in [0.3, 0.4) is 0 Å². The number of aliphatic hydroxyl groups is 1. The number of halogens is 2. The number of ether oxygens (including phenoxy) is 2. The number of benzene rings is 1. The quantitative estimate of drug-likeness (QED) is 0.769. The van der Waals surface area contributed by atoms with Crippen molar-refractivity contribution in [3.63, 3.8) is 0 Å². The second kappa shape index (κ2) is 8.44. The van der Waals surface area contributed by atoms with Crippen molar-refractivity contribution in [2.24, 2.45) is 0 Å². The maximum atomic E-state index is 13.3. The highest BCUT2D eigenvalue weighted by molar-refractivity contribution is 5.77. The standard InChI is InChI=1S/C13H17F2NO4/c1-19-7-5-16(4-6-17)13(18)9-20-12-3-2-10(14)8-11(12)15/h2-3,8,17H,4-7,9H2,1H3. The first-order chi connectivity index (χ1) is 9.58. The molecule has 0 radical (unpaired) electrons. The van der Waals surface area contributed by atoms with E-state index in [2.05, 4.69) is 0 Å². The van der Waals surface area contributed by atoms with E-state index in [4.69, 9.17) is 14.6 Å². The molecule has 1 N–H and O–H groups in total. The van der Waals surface area contributed by atoms with Crippen LogP contribution in [0.4, 0.5) is 8.78 Å². The molecule has 0 aliphatic carbocycles. The summed E-state index contributed by atoms with van der Waals surface area (Å²) in [4.78, 5) is 13.2. The summed E-state index contributed by atoms with van der Waals surface area (Å²) in [6.45, 7) is 0.159. The van der Waals surface area contributed by atoms with E-state index in [1.54, 1.807) is 0 Å². The molecular weight excluding hydrogens is 272 g/mol. The largest absolute Gasteiger partial charge is 0.481 e. The number of carbonyl (C=O) groups is 1. The number of hydrogen-bond acceptors (Lipinski definition) is 4. The number of amides is 1. The van der Waals surface area contributed by atoms with Crippen LogP contribution in [-0.4, -0.2) is 55.9 Å². The Morgan fingerprint density at radius 2 is 2.10 bits per heavy atom. The maximum Gasteiger partial charge on any atom is 0.260 e. The SMILES string of the molecule is COCCN(CCO)C(=O)COc1ccc(F)cc1F. The van der Waals surface area contributed by atoms with E-state index >= 15 is 0 Å². The minimum Gasteiger partial charge on any atom is -0.481 e. The van der Waals surface area contributed by atoms with Crippen molar-refractivity contribution in [2.75, 3.05) is 40.0 Å². The van der Waals surface area contributed by atoms with Gasteiger partial charge in [0.25, 0.3) is 5.91 Å². The molecule has 0 spiro atoms. The molecule has 0 aromatic heterocycles. The molecule has 0 aliphatic heterocycles. The molecule has 7 heteroatoms. The lowest BCUT2D eigenvalue weighted by atomic mass is 10.3. The van der Waals surface area contributed by atoms with Gasteiger partial charge >= 0.3 is 0 Å². The Kier molecular flexibility index (Phi) is 6.89. The predicted molar refractivity (Wildman–Crippen MR) is 67.4 cm³/mol. The summed E-state index contributed by atoms with van der Waals surface area (Å²) in [5.74, 6) is -2.21. The summed E-state index contributed by atoms with van der Waals surface area (Å²) < 4.78 is 35.9. The fourth-order valence-electron chi connectivity index (χ4n) is 1.51. The maximum absolute atomic E-state index is 13.3. The highest BCUT2D eigenvalue weighted by Crippen LogP contribution is 2.17. The van der Waals surface area contributed by atoms with Gasteiger partial charge in [0, 0.05) is 26.3 Å². The average Bonchev–Trinajstić information content (AvgIpc) is 2.42. The molecule has 1 aromatic rings. The zero-order valence-corrected chi connectivity index (χ0v) is 11.1. The van der Waals surface area contributed by atoms with Crippen molar-refractivity contribution < 1.29 is 28.2 Å². The fraction of sp³-hybridized carbons (Fsp3) is 0.462. The van der Waals surface area contributed by atoms with E-state index in [1.807, 2.05) is 0 Å². The van der Waals surface area contributed by atoms with E-state index in [-0.39, 0.29) is 18.9 Å². The lowest BCUT2D eigenvalue weighted by Crippen LogP contribution is -2.39. The Morgan fingerprint density at radius 3 is 2.70 bits per heavy atom. The van der Waals surface area contributed by atoms with E-state index in [0.717, 1.165) is 12.1 Å². The van der Waals surface area contributed by atoms with Gasteiger partial charge in [-0.05, 0) is 12.1 Å². The lowest BCUT2D eigenvalue weighted by molar-refractivity contribution is -0.134. The van der Waals surface area contributed by atoms with Gasteiger partial charge < -0.3 is 19.5 Å². The summed E-state index contributed by atoms with van der Waals surface area (Å²) >= 11 is 0. The van der Waals surface area contributed by atoms with E-state index in [1.165, 1.54) is 12.0 Å². The second-order valence-corrected chi connectivity index (χ2v) is 3.96. The topological polar surface area (TPSA) is 59.0 Å². The molecule has 0 aliphatic rings. The van der Waals surface area contributed by atoms with Crippen LogP contribution in [0.5, 0.6) is 5.75 Å². The van der Waals surface area contributed by atoms with E-state index < -0.39 is 24.1 Å². The monoisotopic (exact) mass is 289 g/mol. The van der Waals surface area contributed by atoms with Gasteiger partial charge in [0.15, 0.2) is 18.2 Å². The molecule has 1 rings (SSSR count). The van der Waals surface area contributed by atoms with Crippen LogP contribution in [0, 0.1) is 11.6 Å². The van der Waals surface area contributed by atoms with Crippen LogP contribution < -0.4 is 4.74 Å². The van der Waals surface area contributed by atoms with Gasteiger partial charge in [-0.25, -0.2) is 8.78 Å². The molecule has 0 fully saturated rings. The van der Waals surface area contributed by atoms with E-state index in [0.29, 0.717) is 19.2 Å². The van der Waals surface area contributed by atoms with Crippen LogP contribution in [0.15, 0.2) is 18.2 Å². The van der Waals surface area contributed by atoms with Crippen molar-refractivity contribution >= 4 is 5.91 Å². The van der Waals surface area contributed by atoms with Crippen LogP contribution in [0.2, 0.25) is 0 Å². The number of methoxy groups -OCH3 is 1. The van der Waals surface area contributed by atoms with E-state index in [9.17, 15) is 13.6 Å². The normalized spacial score (nSPS) is 10.4. The van der Waals surface area contributed by atoms with Gasteiger partial charge in [0.1, 0.15) is 5.82 Å². The first-order valence-corrected chi connectivity index (χ1v) is 6.04. The molecule has 0 saturated carbocycles.